The van der Waals surface area contributed by atoms with Crippen LogP contribution in [0.2, 0.25) is 0 Å². The van der Waals surface area contributed by atoms with E-state index in [1.807, 2.05) is 41.5 Å². The Bertz CT molecular complexity index is 1060. The fourth-order valence-electron chi connectivity index (χ4n) is 5.15. The quantitative estimate of drug-likeness (QED) is 0.0822. The normalized spacial score (nSPS) is 16.1. The SMILES string of the molecule is CC(C)CC(=O)N[C@H](C(=O)N[C@H](C(=O)N[C@@H](CC(C)C)[C@@H](O)CC(=O)N[C@@H](C)C(=O)N[C@@H](CC(C)C)[C@@H](O)CC(=O)[O-])C(C)C)C(C)C. The number of carbonyl (C=O) groups is 6. The van der Waals surface area contributed by atoms with Crippen molar-refractivity contribution in [2.45, 2.75) is 151 Å². The largest absolute Gasteiger partial charge is 0.550 e. The van der Waals surface area contributed by atoms with Crippen molar-refractivity contribution in [1.29, 1.82) is 0 Å². The summed E-state index contributed by atoms with van der Waals surface area (Å²) in [7, 11) is 0. The Morgan fingerprint density at radius 1 is 0.500 bits per heavy atom. The van der Waals surface area contributed by atoms with E-state index < -0.39 is 84.9 Å². The molecule has 0 aliphatic carbocycles. The summed E-state index contributed by atoms with van der Waals surface area (Å²) in [6, 6.07) is -4.68. The third-order valence-electron chi connectivity index (χ3n) is 7.68. The molecule has 0 aromatic heterocycles. The van der Waals surface area contributed by atoms with Gasteiger partial charge in [0.25, 0.3) is 0 Å². The second kappa shape index (κ2) is 21.7. The van der Waals surface area contributed by atoms with E-state index in [0.29, 0.717) is 12.8 Å². The number of carboxylic acids is 1. The molecule has 0 aliphatic heterocycles. The molecule has 0 aromatic carbocycles. The minimum atomic E-state index is -1.46. The van der Waals surface area contributed by atoms with Gasteiger partial charge in [-0.2, -0.15) is 0 Å². The Hall–Kier alpha value is -3.26. The number of carboxylic acid groups (broad SMARTS) is 1. The van der Waals surface area contributed by atoms with Gasteiger partial charge in [-0.25, -0.2) is 0 Å². The van der Waals surface area contributed by atoms with E-state index in [1.54, 1.807) is 27.7 Å². The molecule has 0 rings (SSSR count). The van der Waals surface area contributed by atoms with Crippen LogP contribution in [0.15, 0.2) is 0 Å². The van der Waals surface area contributed by atoms with Gasteiger partial charge in [0, 0.05) is 18.8 Å². The fraction of sp³-hybridized carbons (Fsp3) is 0.824. The highest BCUT2D eigenvalue weighted by Crippen LogP contribution is 2.15. The smallest absolute Gasteiger partial charge is 0.243 e. The Balaban J connectivity index is 5.60. The molecule has 0 saturated heterocycles. The molecular weight excluding hydrogens is 622 g/mol. The van der Waals surface area contributed by atoms with Crippen LogP contribution in [0, 0.1) is 29.6 Å². The molecule has 14 heteroatoms. The standard InChI is InChI=1S/C34H63N5O9/c1-17(2)12-23(37-33(47)31(21(9)10)39-34(48)30(20(7)8)38-27(42)14-19(5)6)25(40)15-28(43)35-22(11)32(46)36-24(13-18(3)4)26(41)16-29(44)45/h17-26,30-31,40-41H,12-16H2,1-11H3,(H,35,43)(H,36,46)(H,37,47)(H,38,42)(H,39,48)(H,44,45)/p-1/t22-,23-,24-,25-,26-,30-,31-/m0/s1. The highest BCUT2D eigenvalue weighted by molar-refractivity contribution is 5.92. The van der Waals surface area contributed by atoms with Crippen LogP contribution in [0.4, 0.5) is 0 Å². The van der Waals surface area contributed by atoms with E-state index in [4.69, 9.17) is 0 Å². The molecule has 278 valence electrons. The van der Waals surface area contributed by atoms with Gasteiger partial charge < -0.3 is 46.7 Å². The summed E-state index contributed by atoms with van der Waals surface area (Å²) in [5, 5.41) is 45.7. The van der Waals surface area contributed by atoms with Crippen LogP contribution in [-0.2, 0) is 28.8 Å². The number of hydrogen-bond donors (Lipinski definition) is 7. The van der Waals surface area contributed by atoms with E-state index in [1.165, 1.54) is 6.92 Å². The molecule has 0 bridgehead atoms. The van der Waals surface area contributed by atoms with Crippen LogP contribution in [0.3, 0.4) is 0 Å². The van der Waals surface area contributed by atoms with Gasteiger partial charge in [-0.05, 0) is 49.4 Å². The van der Waals surface area contributed by atoms with Crippen LogP contribution in [0.1, 0.15) is 108 Å². The van der Waals surface area contributed by atoms with Crippen molar-refractivity contribution in [2.24, 2.45) is 29.6 Å². The zero-order valence-corrected chi connectivity index (χ0v) is 30.7. The Kier molecular flexibility index (Phi) is 20.2. The van der Waals surface area contributed by atoms with Gasteiger partial charge in [0.05, 0.1) is 30.7 Å². The minimum Gasteiger partial charge on any atom is -0.550 e. The lowest BCUT2D eigenvalue weighted by atomic mass is 9.95. The van der Waals surface area contributed by atoms with E-state index in [0.717, 1.165) is 0 Å². The number of aliphatic hydroxyl groups excluding tert-OH is 2. The van der Waals surface area contributed by atoms with Gasteiger partial charge >= 0.3 is 0 Å². The van der Waals surface area contributed by atoms with Gasteiger partial charge in [0.15, 0.2) is 0 Å². The molecule has 7 atom stereocenters. The summed E-state index contributed by atoms with van der Waals surface area (Å²) in [5.41, 5.74) is 0. The third-order valence-corrected chi connectivity index (χ3v) is 7.68. The molecule has 0 spiro atoms. The Labute approximate surface area is 286 Å². The van der Waals surface area contributed by atoms with Crippen LogP contribution < -0.4 is 31.7 Å². The van der Waals surface area contributed by atoms with Gasteiger partial charge in [-0.15, -0.1) is 0 Å². The number of nitrogens with one attached hydrogen (secondary N) is 5. The van der Waals surface area contributed by atoms with Crippen molar-refractivity contribution in [3.63, 3.8) is 0 Å². The lowest BCUT2D eigenvalue weighted by Gasteiger charge is -2.31. The van der Waals surface area contributed by atoms with Gasteiger partial charge in [-0.1, -0.05) is 69.2 Å². The lowest BCUT2D eigenvalue weighted by molar-refractivity contribution is -0.307. The van der Waals surface area contributed by atoms with E-state index in [9.17, 15) is 44.1 Å². The maximum absolute atomic E-state index is 13.5. The Morgan fingerprint density at radius 2 is 0.896 bits per heavy atom. The van der Waals surface area contributed by atoms with Crippen LogP contribution in [-0.4, -0.2) is 88.1 Å². The van der Waals surface area contributed by atoms with E-state index in [2.05, 4.69) is 26.6 Å². The monoisotopic (exact) mass is 684 g/mol. The van der Waals surface area contributed by atoms with Crippen molar-refractivity contribution in [2.75, 3.05) is 0 Å². The Morgan fingerprint density at radius 3 is 1.31 bits per heavy atom. The number of aliphatic hydroxyl groups is 2. The second-order valence-corrected chi connectivity index (χ2v) is 14.8. The molecule has 0 saturated carbocycles. The summed E-state index contributed by atoms with van der Waals surface area (Å²) in [5.74, 6) is -4.57. The first-order chi connectivity index (χ1) is 22.0. The summed E-state index contributed by atoms with van der Waals surface area (Å²) in [6.45, 7) is 19.8. The average Bonchev–Trinajstić information content (AvgIpc) is 2.91. The summed E-state index contributed by atoms with van der Waals surface area (Å²) >= 11 is 0. The molecule has 0 unspecified atom stereocenters. The maximum Gasteiger partial charge on any atom is 0.243 e. The number of amides is 5. The highest BCUT2D eigenvalue weighted by atomic mass is 16.4. The van der Waals surface area contributed by atoms with Crippen molar-refractivity contribution in [3.8, 4) is 0 Å². The zero-order chi connectivity index (χ0) is 37.5. The second-order valence-electron chi connectivity index (χ2n) is 14.8. The van der Waals surface area contributed by atoms with E-state index in [-0.39, 0.29) is 41.9 Å². The molecule has 7 N–H and O–H groups in total. The predicted molar refractivity (Wildman–Crippen MR) is 180 cm³/mol. The number of rotatable bonds is 22. The first kappa shape index (κ1) is 44.7. The number of aliphatic carboxylic acids is 1. The van der Waals surface area contributed by atoms with Crippen molar-refractivity contribution in [1.82, 2.24) is 26.6 Å². The van der Waals surface area contributed by atoms with E-state index >= 15 is 0 Å². The summed E-state index contributed by atoms with van der Waals surface area (Å²) in [4.78, 5) is 75.8. The molecular formula is C34H62N5O9-. The zero-order valence-electron chi connectivity index (χ0n) is 30.7. The van der Waals surface area contributed by atoms with Crippen LogP contribution in [0.25, 0.3) is 0 Å². The highest BCUT2D eigenvalue weighted by Gasteiger charge is 2.34. The van der Waals surface area contributed by atoms with Gasteiger partial charge in [-0.3, -0.25) is 24.0 Å². The maximum atomic E-state index is 13.5. The first-order valence-electron chi connectivity index (χ1n) is 17.1. The van der Waals surface area contributed by atoms with Gasteiger partial charge in [0.1, 0.15) is 18.1 Å². The molecule has 5 amide bonds. The molecule has 0 fully saturated rings. The fourth-order valence-corrected chi connectivity index (χ4v) is 5.15. The third kappa shape index (κ3) is 17.8. The summed E-state index contributed by atoms with van der Waals surface area (Å²) < 4.78 is 0. The van der Waals surface area contributed by atoms with Gasteiger partial charge in [0.2, 0.25) is 29.5 Å². The molecule has 0 aromatic rings. The van der Waals surface area contributed by atoms with Crippen LogP contribution in [0.5, 0.6) is 0 Å². The minimum absolute atomic E-state index is 0.0108. The topological polar surface area (TPSA) is 226 Å². The molecule has 48 heavy (non-hydrogen) atoms. The average molecular weight is 685 g/mol. The van der Waals surface area contributed by atoms with Crippen LogP contribution >= 0.6 is 0 Å². The van der Waals surface area contributed by atoms with Crippen molar-refractivity contribution >= 4 is 35.5 Å². The van der Waals surface area contributed by atoms with Crippen molar-refractivity contribution in [3.05, 3.63) is 0 Å². The lowest BCUT2D eigenvalue weighted by Crippen LogP contribution is -2.59. The molecule has 14 nitrogen and oxygen atoms in total. The number of carbonyl (C=O) groups excluding carboxylic acids is 6. The predicted octanol–water partition coefficient (Wildman–Crippen LogP) is 0.133. The number of hydrogen-bond acceptors (Lipinski definition) is 9. The van der Waals surface area contributed by atoms with Crippen molar-refractivity contribution < 1.29 is 44.1 Å². The summed E-state index contributed by atoms with van der Waals surface area (Å²) in [6.07, 6.45) is -2.99. The molecule has 0 aliphatic rings. The molecule has 0 heterocycles. The molecule has 0 radical (unpaired) electrons. The first-order valence-corrected chi connectivity index (χ1v) is 17.1.